The van der Waals surface area contributed by atoms with Crippen LogP contribution in [-0.4, -0.2) is 73.2 Å². The van der Waals surface area contributed by atoms with E-state index in [0.29, 0.717) is 17.2 Å². The van der Waals surface area contributed by atoms with E-state index in [9.17, 15) is 18.5 Å². The second-order valence-corrected chi connectivity index (χ2v) is 11.0. The summed E-state index contributed by atoms with van der Waals surface area (Å²) in [4.78, 5) is 20.5. The molecule has 3 aromatic rings. The van der Waals surface area contributed by atoms with Gasteiger partial charge in [-0.15, -0.1) is 0 Å². The monoisotopic (exact) mass is 513 g/mol. The van der Waals surface area contributed by atoms with Gasteiger partial charge in [0.15, 0.2) is 0 Å². The van der Waals surface area contributed by atoms with Gasteiger partial charge in [0.2, 0.25) is 16.0 Å². The lowest BCUT2D eigenvalue weighted by Crippen LogP contribution is -2.65. The van der Waals surface area contributed by atoms with E-state index in [1.807, 2.05) is 7.05 Å². The van der Waals surface area contributed by atoms with Gasteiger partial charge in [-0.2, -0.15) is 19.8 Å². The molecule has 3 aromatic heterocycles. The molecule has 1 fully saturated rings. The standard InChI is InChI=1S/C22H27N9O4S/c1-4-35-20(32)9-16(2)36(33,34)30-14-22(15-30,6-7-23)31-12-17(10-26-31)19-5-8-24-21(28-19)27-18-11-25-29(3)13-18/h5,8,10-13,16H,4,6,9,14-15H2,1-3H3,(H,24,27,28). The zero-order chi connectivity index (χ0) is 25.9. The molecule has 36 heavy (non-hydrogen) atoms. The van der Waals surface area contributed by atoms with Crippen LogP contribution in [-0.2, 0) is 32.1 Å². The SMILES string of the molecule is CCOC(=O)CC(C)S(=O)(=O)N1CC(CC#N)(n2cc(-c3ccnc(Nc4cnn(C)c4)n3)cn2)C1. The van der Waals surface area contributed by atoms with Crippen LogP contribution in [0.15, 0.2) is 37.1 Å². The van der Waals surface area contributed by atoms with Crippen LogP contribution in [0.4, 0.5) is 11.6 Å². The quantitative estimate of drug-likeness (QED) is 0.392. The predicted octanol–water partition coefficient (Wildman–Crippen LogP) is 1.41. The maximum atomic E-state index is 13.0. The Bertz CT molecular complexity index is 1390. The molecule has 1 aliphatic rings. The van der Waals surface area contributed by atoms with Gasteiger partial charge in [0.05, 0.1) is 54.5 Å². The minimum atomic E-state index is -3.75. The molecule has 1 N–H and O–H groups in total. The maximum absolute atomic E-state index is 13.0. The zero-order valence-corrected chi connectivity index (χ0v) is 21.0. The normalized spacial score (nSPS) is 16.1. The Morgan fingerprint density at radius 2 is 2.08 bits per heavy atom. The lowest BCUT2D eigenvalue weighted by Gasteiger charge is -2.48. The highest BCUT2D eigenvalue weighted by Crippen LogP contribution is 2.36. The Morgan fingerprint density at radius 1 is 1.31 bits per heavy atom. The van der Waals surface area contributed by atoms with Crippen LogP contribution in [0.2, 0.25) is 0 Å². The van der Waals surface area contributed by atoms with Gasteiger partial charge < -0.3 is 10.1 Å². The highest BCUT2D eigenvalue weighted by Gasteiger charge is 2.51. The van der Waals surface area contributed by atoms with E-state index in [1.54, 1.807) is 53.3 Å². The van der Waals surface area contributed by atoms with Crippen LogP contribution < -0.4 is 5.32 Å². The van der Waals surface area contributed by atoms with E-state index < -0.39 is 26.8 Å². The van der Waals surface area contributed by atoms with Gasteiger partial charge in [-0.05, 0) is 19.9 Å². The number of rotatable bonds is 10. The first-order chi connectivity index (χ1) is 17.2. The molecule has 0 bridgehead atoms. The molecule has 0 aliphatic carbocycles. The summed E-state index contributed by atoms with van der Waals surface area (Å²) in [6.45, 7) is 3.49. The van der Waals surface area contributed by atoms with Gasteiger partial charge >= 0.3 is 5.97 Å². The highest BCUT2D eigenvalue weighted by atomic mass is 32.2. The summed E-state index contributed by atoms with van der Waals surface area (Å²) in [5.74, 6) is -0.173. The van der Waals surface area contributed by atoms with E-state index in [1.165, 1.54) is 11.2 Å². The molecule has 1 aliphatic heterocycles. The van der Waals surface area contributed by atoms with Crippen molar-refractivity contribution in [3.05, 3.63) is 37.1 Å². The fraction of sp³-hybridized carbons (Fsp3) is 0.455. The van der Waals surface area contributed by atoms with E-state index in [2.05, 4.69) is 31.6 Å². The number of nitriles is 1. The van der Waals surface area contributed by atoms with Crippen molar-refractivity contribution in [2.45, 2.75) is 37.5 Å². The van der Waals surface area contributed by atoms with Crippen molar-refractivity contribution in [2.75, 3.05) is 25.0 Å². The Hall–Kier alpha value is -3.83. The third-order valence-corrected chi connectivity index (χ3v) is 8.12. The van der Waals surface area contributed by atoms with Crippen LogP contribution in [0.1, 0.15) is 26.7 Å². The lowest BCUT2D eigenvalue weighted by molar-refractivity contribution is -0.143. The summed E-state index contributed by atoms with van der Waals surface area (Å²) in [5.41, 5.74) is 1.24. The van der Waals surface area contributed by atoms with Crippen molar-refractivity contribution in [3.8, 4) is 17.3 Å². The van der Waals surface area contributed by atoms with Gasteiger partial charge in [0.1, 0.15) is 5.54 Å². The van der Waals surface area contributed by atoms with Crippen molar-refractivity contribution in [1.82, 2.24) is 33.8 Å². The molecule has 0 aromatic carbocycles. The van der Waals surface area contributed by atoms with E-state index in [4.69, 9.17) is 4.74 Å². The van der Waals surface area contributed by atoms with Crippen LogP contribution >= 0.6 is 0 Å². The topological polar surface area (TPSA) is 161 Å². The van der Waals surface area contributed by atoms with Crippen molar-refractivity contribution >= 4 is 27.6 Å². The van der Waals surface area contributed by atoms with Crippen LogP contribution in [0, 0.1) is 11.3 Å². The van der Waals surface area contributed by atoms with Crippen molar-refractivity contribution < 1.29 is 17.9 Å². The Labute approximate surface area is 208 Å². The fourth-order valence-electron chi connectivity index (χ4n) is 4.00. The first kappa shape index (κ1) is 25.3. The number of aromatic nitrogens is 6. The Morgan fingerprint density at radius 3 is 2.75 bits per heavy atom. The second kappa shape index (κ2) is 10.0. The predicted molar refractivity (Wildman–Crippen MR) is 129 cm³/mol. The molecule has 4 rings (SSSR count). The van der Waals surface area contributed by atoms with Gasteiger partial charge in [0, 0.05) is 44.3 Å². The zero-order valence-electron chi connectivity index (χ0n) is 20.2. The number of hydrogen-bond acceptors (Lipinski definition) is 10. The molecule has 13 nitrogen and oxygen atoms in total. The van der Waals surface area contributed by atoms with E-state index in [0.717, 1.165) is 5.69 Å². The van der Waals surface area contributed by atoms with E-state index in [-0.39, 0.29) is 32.5 Å². The summed E-state index contributed by atoms with van der Waals surface area (Å²) >= 11 is 0. The molecule has 0 saturated carbocycles. The second-order valence-electron chi connectivity index (χ2n) is 8.66. The van der Waals surface area contributed by atoms with Crippen molar-refractivity contribution in [2.24, 2.45) is 7.05 Å². The van der Waals surface area contributed by atoms with Crippen molar-refractivity contribution in [3.63, 3.8) is 0 Å². The summed E-state index contributed by atoms with van der Waals surface area (Å²) in [6, 6.07) is 3.88. The molecular formula is C22H27N9O4S. The number of sulfonamides is 1. The summed E-state index contributed by atoms with van der Waals surface area (Å²) in [5, 5.41) is 20.1. The number of ether oxygens (including phenoxy) is 1. The molecule has 14 heteroatoms. The number of nitrogens with one attached hydrogen (secondary N) is 1. The van der Waals surface area contributed by atoms with Gasteiger partial charge in [0.25, 0.3) is 0 Å². The van der Waals surface area contributed by atoms with Crippen LogP contribution in [0.3, 0.4) is 0 Å². The van der Waals surface area contributed by atoms with Gasteiger partial charge in [-0.1, -0.05) is 0 Å². The number of anilines is 2. The largest absolute Gasteiger partial charge is 0.466 e. The lowest BCUT2D eigenvalue weighted by atomic mass is 9.89. The van der Waals surface area contributed by atoms with Crippen LogP contribution in [0.25, 0.3) is 11.3 Å². The molecule has 4 heterocycles. The molecule has 1 saturated heterocycles. The van der Waals surface area contributed by atoms with Gasteiger partial charge in [-0.3, -0.25) is 14.2 Å². The molecule has 190 valence electrons. The number of carbonyl (C=O) groups excluding carboxylic acids is 1. The highest BCUT2D eigenvalue weighted by molar-refractivity contribution is 7.89. The molecular weight excluding hydrogens is 486 g/mol. The first-order valence-corrected chi connectivity index (χ1v) is 12.8. The van der Waals surface area contributed by atoms with Crippen LogP contribution in [0.5, 0.6) is 0 Å². The molecule has 1 atom stereocenters. The molecule has 0 radical (unpaired) electrons. The third kappa shape index (κ3) is 5.07. The average molecular weight is 514 g/mol. The molecule has 0 spiro atoms. The number of hydrogen-bond donors (Lipinski definition) is 1. The molecule has 1 unspecified atom stereocenters. The summed E-state index contributed by atoms with van der Waals surface area (Å²) < 4.78 is 35.4. The van der Waals surface area contributed by atoms with Crippen molar-refractivity contribution in [1.29, 1.82) is 5.26 Å². The fourth-order valence-corrected chi connectivity index (χ4v) is 5.69. The number of aryl methyl sites for hydroxylation is 1. The number of esters is 1. The van der Waals surface area contributed by atoms with E-state index >= 15 is 0 Å². The minimum Gasteiger partial charge on any atom is -0.466 e. The maximum Gasteiger partial charge on any atom is 0.307 e. The summed E-state index contributed by atoms with van der Waals surface area (Å²) in [6.07, 6.45) is 8.28. The number of nitrogens with zero attached hydrogens (tertiary/aromatic N) is 8. The Kier molecular flexibility index (Phi) is 7.04. The smallest absolute Gasteiger partial charge is 0.307 e. The average Bonchev–Trinajstić information content (AvgIpc) is 3.45. The number of carbonyl (C=O) groups is 1. The third-order valence-electron chi connectivity index (χ3n) is 5.96. The Balaban J connectivity index is 1.49. The first-order valence-electron chi connectivity index (χ1n) is 11.3. The molecule has 0 amide bonds. The minimum absolute atomic E-state index is 0.0734. The summed E-state index contributed by atoms with van der Waals surface area (Å²) in [7, 11) is -1.94. The van der Waals surface area contributed by atoms with Gasteiger partial charge in [-0.25, -0.2) is 18.4 Å².